The highest BCUT2D eigenvalue weighted by molar-refractivity contribution is 5.87. The maximum atomic E-state index is 10.7. The van der Waals surface area contributed by atoms with E-state index in [1.54, 1.807) is 12.1 Å². The highest BCUT2D eigenvalue weighted by Gasteiger charge is 2.23. The second kappa shape index (κ2) is 17.7. The van der Waals surface area contributed by atoms with E-state index >= 15 is 0 Å². The molecular formula is C34H43NO4. The van der Waals surface area contributed by atoms with Gasteiger partial charge in [-0.15, -0.1) is 0 Å². The Morgan fingerprint density at radius 2 is 1.33 bits per heavy atom. The molecule has 0 aromatic heterocycles. The molecule has 0 amide bonds. The van der Waals surface area contributed by atoms with Crippen molar-refractivity contribution in [2.75, 3.05) is 13.2 Å². The number of carboxylic acids is 1. The van der Waals surface area contributed by atoms with Crippen molar-refractivity contribution < 1.29 is 19.4 Å². The van der Waals surface area contributed by atoms with Crippen LogP contribution in [0.25, 0.3) is 11.1 Å². The second-order valence-corrected chi connectivity index (χ2v) is 10.0. The molecule has 5 nitrogen and oxygen atoms in total. The van der Waals surface area contributed by atoms with Gasteiger partial charge in [0.05, 0.1) is 23.7 Å². The molecule has 5 heteroatoms. The minimum Gasteiger partial charge on any atom is -0.494 e. The highest BCUT2D eigenvalue weighted by Crippen LogP contribution is 2.24. The summed E-state index contributed by atoms with van der Waals surface area (Å²) < 4.78 is 11.3. The minimum atomic E-state index is -0.964. The van der Waals surface area contributed by atoms with Gasteiger partial charge in [0, 0.05) is 0 Å². The van der Waals surface area contributed by atoms with Crippen molar-refractivity contribution in [1.82, 2.24) is 0 Å². The fourth-order valence-electron chi connectivity index (χ4n) is 4.10. The summed E-state index contributed by atoms with van der Waals surface area (Å²) in [5, 5.41) is 17.9. The first-order chi connectivity index (χ1) is 18.9. The smallest absolute Gasteiger partial charge is 0.335 e. The Labute approximate surface area is 234 Å². The maximum Gasteiger partial charge on any atom is 0.335 e. The van der Waals surface area contributed by atoms with Gasteiger partial charge in [-0.3, -0.25) is 0 Å². The molecule has 3 aromatic carbocycles. The van der Waals surface area contributed by atoms with Crippen LogP contribution in [0.3, 0.4) is 0 Å². The van der Waals surface area contributed by atoms with Crippen LogP contribution in [0, 0.1) is 16.7 Å². The fourth-order valence-corrected chi connectivity index (χ4v) is 4.10. The van der Waals surface area contributed by atoms with Crippen LogP contribution in [0.4, 0.5) is 0 Å². The van der Waals surface area contributed by atoms with Gasteiger partial charge in [-0.2, -0.15) is 5.26 Å². The molecule has 0 saturated carbocycles. The Morgan fingerprint density at radius 1 is 0.769 bits per heavy atom. The van der Waals surface area contributed by atoms with Crippen molar-refractivity contribution in [3.63, 3.8) is 0 Å². The molecular weight excluding hydrogens is 486 g/mol. The molecule has 0 saturated heterocycles. The first-order valence-electron chi connectivity index (χ1n) is 14.1. The van der Waals surface area contributed by atoms with Crippen LogP contribution in [0.5, 0.6) is 11.5 Å². The Balaban J connectivity index is 0.000000277. The number of hydrogen-bond acceptors (Lipinski definition) is 4. The first kappa shape index (κ1) is 31.4. The van der Waals surface area contributed by atoms with Gasteiger partial charge in [-0.05, 0) is 67.3 Å². The number of benzene rings is 3. The van der Waals surface area contributed by atoms with Gasteiger partial charge in [0.25, 0.3) is 0 Å². The number of aromatic carboxylic acids is 1. The summed E-state index contributed by atoms with van der Waals surface area (Å²) >= 11 is 0. The zero-order valence-electron chi connectivity index (χ0n) is 23.7. The summed E-state index contributed by atoms with van der Waals surface area (Å²) in [6.07, 6.45) is 9.51. The van der Waals surface area contributed by atoms with Crippen molar-refractivity contribution in [3.05, 3.63) is 84.4 Å². The van der Waals surface area contributed by atoms with E-state index in [0.717, 1.165) is 31.6 Å². The third-order valence-electron chi connectivity index (χ3n) is 6.46. The van der Waals surface area contributed by atoms with Gasteiger partial charge >= 0.3 is 5.97 Å². The summed E-state index contributed by atoms with van der Waals surface area (Å²) in [6, 6.07) is 27.3. The lowest BCUT2D eigenvalue weighted by Gasteiger charge is -2.21. The van der Waals surface area contributed by atoms with E-state index in [9.17, 15) is 4.79 Å². The Bertz CT molecular complexity index is 1120. The van der Waals surface area contributed by atoms with E-state index in [1.165, 1.54) is 55.4 Å². The number of rotatable bonds is 15. The van der Waals surface area contributed by atoms with Crippen molar-refractivity contribution in [3.8, 4) is 28.7 Å². The highest BCUT2D eigenvalue weighted by atomic mass is 16.5. The number of carbonyl (C=O) groups is 1. The zero-order valence-corrected chi connectivity index (χ0v) is 23.7. The molecule has 3 aromatic rings. The van der Waals surface area contributed by atoms with Crippen LogP contribution in [0.1, 0.15) is 82.5 Å². The summed E-state index contributed by atoms with van der Waals surface area (Å²) in [4.78, 5) is 10.7. The van der Waals surface area contributed by atoms with Crippen LogP contribution in [0.2, 0.25) is 0 Å². The van der Waals surface area contributed by atoms with Gasteiger partial charge in [0.15, 0.2) is 0 Å². The van der Waals surface area contributed by atoms with Crippen LogP contribution in [0.15, 0.2) is 78.9 Å². The van der Waals surface area contributed by atoms with Crippen LogP contribution >= 0.6 is 0 Å². The van der Waals surface area contributed by atoms with Crippen molar-refractivity contribution >= 4 is 5.97 Å². The minimum absolute atomic E-state index is 0.221. The maximum absolute atomic E-state index is 10.7. The predicted molar refractivity (Wildman–Crippen MR) is 158 cm³/mol. The largest absolute Gasteiger partial charge is 0.494 e. The van der Waals surface area contributed by atoms with E-state index in [-0.39, 0.29) is 5.56 Å². The van der Waals surface area contributed by atoms with Crippen molar-refractivity contribution in [1.29, 1.82) is 5.26 Å². The standard InChI is InChI=1S/C20H26O.C14H17NO3/c1-2-3-4-5-6-10-17-21-20-15-13-19(14-16-20)18-11-8-7-9-12-18;1-3-8-14(2,9-15)10-18-12-6-4-11(5-7-12)13(16)17/h7-9,11-16H,2-6,10,17H2,1H3;4-7H,3,8,10H2,1-2H3,(H,16,17). The molecule has 1 atom stereocenters. The summed E-state index contributed by atoms with van der Waals surface area (Å²) in [5.74, 6) is 0.593. The second-order valence-electron chi connectivity index (χ2n) is 10.0. The zero-order chi connectivity index (χ0) is 28.3. The normalized spacial score (nSPS) is 11.8. The molecule has 0 spiro atoms. The molecule has 3 rings (SSSR count). The monoisotopic (exact) mass is 529 g/mol. The number of ether oxygens (including phenoxy) is 2. The van der Waals surface area contributed by atoms with Crippen molar-refractivity contribution in [2.24, 2.45) is 5.41 Å². The van der Waals surface area contributed by atoms with E-state index in [1.807, 2.05) is 19.9 Å². The SMILES string of the molecule is CCCC(C)(C#N)COc1ccc(C(=O)O)cc1.CCCCCCCCOc1ccc(-c2ccccc2)cc1. The van der Waals surface area contributed by atoms with E-state index in [4.69, 9.17) is 19.8 Å². The molecule has 0 radical (unpaired) electrons. The molecule has 1 unspecified atom stereocenters. The van der Waals surface area contributed by atoms with Crippen LogP contribution in [-0.2, 0) is 0 Å². The number of nitriles is 1. The van der Waals surface area contributed by atoms with E-state index in [2.05, 4.69) is 61.5 Å². The molecule has 0 fully saturated rings. The molecule has 0 aliphatic rings. The molecule has 0 bridgehead atoms. The average molecular weight is 530 g/mol. The van der Waals surface area contributed by atoms with Gasteiger partial charge in [-0.25, -0.2) is 4.79 Å². The quantitative estimate of drug-likeness (QED) is 0.199. The van der Waals surface area contributed by atoms with E-state index in [0.29, 0.717) is 12.4 Å². The number of hydrogen-bond donors (Lipinski definition) is 1. The lowest BCUT2D eigenvalue weighted by atomic mass is 9.88. The Morgan fingerprint density at radius 3 is 1.92 bits per heavy atom. The lowest BCUT2D eigenvalue weighted by molar-refractivity contribution is 0.0696. The molecule has 39 heavy (non-hydrogen) atoms. The molecule has 0 heterocycles. The Hall–Kier alpha value is -3.78. The lowest BCUT2D eigenvalue weighted by Crippen LogP contribution is -2.23. The molecule has 1 N–H and O–H groups in total. The molecule has 0 aliphatic heterocycles. The van der Waals surface area contributed by atoms with Gasteiger partial charge < -0.3 is 14.6 Å². The third kappa shape index (κ3) is 12.1. The van der Waals surface area contributed by atoms with Gasteiger partial charge in [0.2, 0.25) is 0 Å². The summed E-state index contributed by atoms with van der Waals surface area (Å²) in [5.41, 5.74) is 2.21. The van der Waals surface area contributed by atoms with Gasteiger partial charge in [-0.1, -0.05) is 94.8 Å². The van der Waals surface area contributed by atoms with Crippen LogP contribution < -0.4 is 9.47 Å². The molecule has 0 aliphatic carbocycles. The average Bonchev–Trinajstić information content (AvgIpc) is 2.97. The third-order valence-corrected chi connectivity index (χ3v) is 6.46. The molecule has 208 valence electrons. The van der Waals surface area contributed by atoms with E-state index < -0.39 is 11.4 Å². The number of carboxylic acid groups (broad SMARTS) is 1. The number of unbranched alkanes of at least 4 members (excludes halogenated alkanes) is 5. The van der Waals surface area contributed by atoms with Crippen molar-refractivity contribution in [2.45, 2.75) is 72.1 Å². The summed E-state index contributed by atoms with van der Waals surface area (Å²) in [7, 11) is 0. The predicted octanol–water partition coefficient (Wildman–Crippen LogP) is 9.19. The number of nitrogens with zero attached hydrogens (tertiary/aromatic N) is 1. The van der Waals surface area contributed by atoms with Gasteiger partial charge in [0.1, 0.15) is 18.1 Å². The topological polar surface area (TPSA) is 79.5 Å². The Kier molecular flexibility index (Phi) is 14.2. The fraction of sp³-hybridized carbons (Fsp3) is 0.412. The summed E-state index contributed by atoms with van der Waals surface area (Å²) in [6.45, 7) is 7.28. The first-order valence-corrected chi connectivity index (χ1v) is 14.1. The van der Waals surface area contributed by atoms with Crippen LogP contribution in [-0.4, -0.2) is 24.3 Å².